The molecule has 5 heteroatoms. The number of aliphatic imine (C=N–C) groups is 1. The zero-order chi connectivity index (χ0) is 12.3. The van der Waals surface area contributed by atoms with Crippen LogP contribution in [0.1, 0.15) is 18.2 Å². The highest BCUT2D eigenvalue weighted by Crippen LogP contribution is 2.07. The molecule has 0 aliphatic carbocycles. The molecule has 0 aromatic carbocycles. The summed E-state index contributed by atoms with van der Waals surface area (Å²) in [4.78, 5) is 5.58. The molecule has 0 unspecified atom stereocenters. The highest BCUT2D eigenvalue weighted by Gasteiger charge is 1.97. The fraction of sp³-hybridized carbons (Fsp3) is 0.462. The van der Waals surface area contributed by atoms with Gasteiger partial charge in [-0.1, -0.05) is 18.2 Å². The lowest BCUT2D eigenvalue weighted by molar-refractivity contribution is 0.795. The standard InChI is InChI=1S/C13H21N3S.HI/c1-3-4-5-9-15-13(14-2)16-10-8-12-7-6-11-17-12;/h3-4,6-7,11H,5,8-10H2,1-2H3,(H2,14,15,16);1H. The van der Waals surface area contributed by atoms with E-state index in [0.29, 0.717) is 0 Å². The van der Waals surface area contributed by atoms with Crippen molar-refractivity contribution < 1.29 is 0 Å². The fourth-order valence-electron chi connectivity index (χ4n) is 1.42. The van der Waals surface area contributed by atoms with Gasteiger partial charge in [-0.3, -0.25) is 4.99 Å². The van der Waals surface area contributed by atoms with Crippen molar-refractivity contribution in [2.75, 3.05) is 20.1 Å². The summed E-state index contributed by atoms with van der Waals surface area (Å²) in [7, 11) is 1.80. The largest absolute Gasteiger partial charge is 0.356 e. The zero-order valence-corrected chi connectivity index (χ0v) is 14.1. The monoisotopic (exact) mass is 379 g/mol. The normalized spacial score (nSPS) is 11.3. The molecule has 1 aromatic rings. The van der Waals surface area contributed by atoms with Crippen molar-refractivity contribution in [3.8, 4) is 0 Å². The first-order valence-electron chi connectivity index (χ1n) is 5.95. The molecule has 0 saturated heterocycles. The minimum absolute atomic E-state index is 0. The first-order chi connectivity index (χ1) is 8.36. The summed E-state index contributed by atoms with van der Waals surface area (Å²) >= 11 is 1.80. The highest BCUT2D eigenvalue weighted by atomic mass is 127. The van der Waals surface area contributed by atoms with Crippen molar-refractivity contribution in [3.63, 3.8) is 0 Å². The number of hydrogen-bond acceptors (Lipinski definition) is 2. The van der Waals surface area contributed by atoms with Crippen LogP contribution in [0.15, 0.2) is 34.7 Å². The molecule has 2 N–H and O–H groups in total. The van der Waals surface area contributed by atoms with Gasteiger partial charge in [0.2, 0.25) is 0 Å². The number of thiophene rings is 1. The lowest BCUT2D eigenvalue weighted by Gasteiger charge is -2.10. The molecule has 0 bridgehead atoms. The summed E-state index contributed by atoms with van der Waals surface area (Å²) in [6.07, 6.45) is 6.29. The van der Waals surface area contributed by atoms with E-state index in [2.05, 4.69) is 45.3 Å². The van der Waals surface area contributed by atoms with Crippen LogP contribution >= 0.6 is 35.3 Å². The van der Waals surface area contributed by atoms with Gasteiger partial charge in [0.1, 0.15) is 0 Å². The van der Waals surface area contributed by atoms with Gasteiger partial charge in [-0.15, -0.1) is 35.3 Å². The highest BCUT2D eigenvalue weighted by molar-refractivity contribution is 14.0. The number of allylic oxidation sites excluding steroid dienone is 1. The third kappa shape index (κ3) is 7.71. The van der Waals surface area contributed by atoms with Crippen molar-refractivity contribution in [1.82, 2.24) is 10.6 Å². The second-order valence-corrected chi connectivity index (χ2v) is 4.65. The predicted molar refractivity (Wildman–Crippen MR) is 92.2 cm³/mol. The molecule has 1 rings (SSSR count). The molecule has 0 aliphatic rings. The van der Waals surface area contributed by atoms with Crippen LogP contribution in [0.4, 0.5) is 0 Å². The van der Waals surface area contributed by atoms with Crippen LogP contribution in [0.5, 0.6) is 0 Å². The van der Waals surface area contributed by atoms with Gasteiger partial charge in [0, 0.05) is 25.0 Å². The van der Waals surface area contributed by atoms with Crippen LogP contribution in [-0.2, 0) is 6.42 Å². The average molecular weight is 379 g/mol. The Hall–Kier alpha value is -0.560. The van der Waals surface area contributed by atoms with Crippen LogP contribution < -0.4 is 10.6 Å². The summed E-state index contributed by atoms with van der Waals surface area (Å²) in [6.45, 7) is 3.88. The molecular weight excluding hydrogens is 357 g/mol. The maximum atomic E-state index is 4.18. The van der Waals surface area contributed by atoms with Crippen LogP contribution in [0.3, 0.4) is 0 Å². The summed E-state index contributed by atoms with van der Waals surface area (Å²) in [5.41, 5.74) is 0. The predicted octanol–water partition coefficient (Wildman–Crippen LogP) is 3.04. The molecule has 0 amide bonds. The minimum atomic E-state index is 0. The zero-order valence-electron chi connectivity index (χ0n) is 11.0. The first-order valence-corrected chi connectivity index (χ1v) is 6.83. The third-order valence-electron chi connectivity index (χ3n) is 2.31. The van der Waals surface area contributed by atoms with E-state index < -0.39 is 0 Å². The number of halogens is 1. The Balaban J connectivity index is 0.00000289. The van der Waals surface area contributed by atoms with Crippen molar-refractivity contribution >= 4 is 41.3 Å². The maximum absolute atomic E-state index is 4.18. The summed E-state index contributed by atoms with van der Waals surface area (Å²) in [6, 6.07) is 4.25. The van der Waals surface area contributed by atoms with Crippen LogP contribution in [0, 0.1) is 0 Å². The van der Waals surface area contributed by atoms with Crippen LogP contribution in [-0.4, -0.2) is 26.1 Å². The van der Waals surface area contributed by atoms with Gasteiger partial charge in [-0.25, -0.2) is 0 Å². The lowest BCUT2D eigenvalue weighted by atomic mass is 10.3. The van der Waals surface area contributed by atoms with Gasteiger partial charge in [0.25, 0.3) is 0 Å². The molecule has 0 aliphatic heterocycles. The molecule has 0 radical (unpaired) electrons. The Morgan fingerprint density at radius 3 is 2.78 bits per heavy atom. The third-order valence-corrected chi connectivity index (χ3v) is 3.24. The van der Waals surface area contributed by atoms with Gasteiger partial charge in [-0.2, -0.15) is 0 Å². The summed E-state index contributed by atoms with van der Waals surface area (Å²) < 4.78 is 0. The van der Waals surface area contributed by atoms with Gasteiger partial charge < -0.3 is 10.6 Å². The van der Waals surface area contributed by atoms with Gasteiger partial charge >= 0.3 is 0 Å². The topological polar surface area (TPSA) is 36.4 Å². The number of nitrogens with zero attached hydrogens (tertiary/aromatic N) is 1. The van der Waals surface area contributed by atoms with Gasteiger partial charge in [0.15, 0.2) is 5.96 Å². The molecule has 18 heavy (non-hydrogen) atoms. The van der Waals surface area contributed by atoms with E-state index >= 15 is 0 Å². The Bertz CT molecular complexity index is 347. The Kier molecular flexibility index (Phi) is 11.2. The smallest absolute Gasteiger partial charge is 0.190 e. The minimum Gasteiger partial charge on any atom is -0.356 e. The Labute approximate surface area is 131 Å². The number of hydrogen-bond donors (Lipinski definition) is 2. The number of nitrogens with one attached hydrogen (secondary N) is 2. The van der Waals surface area contributed by atoms with Crippen LogP contribution in [0.25, 0.3) is 0 Å². The first kappa shape index (κ1) is 17.4. The molecular formula is C13H22IN3S. The Morgan fingerprint density at radius 2 is 2.17 bits per heavy atom. The molecule has 102 valence electrons. The van der Waals surface area contributed by atoms with Crippen LogP contribution in [0.2, 0.25) is 0 Å². The van der Waals surface area contributed by atoms with E-state index in [-0.39, 0.29) is 24.0 Å². The van der Waals surface area contributed by atoms with E-state index in [1.54, 1.807) is 18.4 Å². The molecule has 0 spiro atoms. The quantitative estimate of drug-likeness (QED) is 0.262. The number of rotatable bonds is 6. The molecule has 0 saturated carbocycles. The SMILES string of the molecule is CC=CCCNC(=NC)NCCc1cccs1.I. The molecule has 0 atom stereocenters. The molecule has 3 nitrogen and oxygen atoms in total. The van der Waals surface area contributed by atoms with E-state index in [9.17, 15) is 0 Å². The second kappa shape index (κ2) is 11.5. The summed E-state index contributed by atoms with van der Waals surface area (Å²) in [5.74, 6) is 0.881. The van der Waals surface area contributed by atoms with E-state index in [1.165, 1.54) is 4.88 Å². The van der Waals surface area contributed by atoms with E-state index in [4.69, 9.17) is 0 Å². The summed E-state index contributed by atoms with van der Waals surface area (Å²) in [5, 5.41) is 8.69. The van der Waals surface area contributed by atoms with E-state index in [1.807, 2.05) is 6.92 Å². The second-order valence-electron chi connectivity index (χ2n) is 3.61. The van der Waals surface area contributed by atoms with Crippen molar-refractivity contribution in [2.24, 2.45) is 4.99 Å². The molecule has 1 heterocycles. The van der Waals surface area contributed by atoms with E-state index in [0.717, 1.165) is 31.9 Å². The van der Waals surface area contributed by atoms with Gasteiger partial charge in [-0.05, 0) is 31.2 Å². The Morgan fingerprint density at radius 1 is 1.39 bits per heavy atom. The van der Waals surface area contributed by atoms with Crippen molar-refractivity contribution in [1.29, 1.82) is 0 Å². The van der Waals surface area contributed by atoms with Crippen molar-refractivity contribution in [3.05, 3.63) is 34.5 Å². The fourth-order valence-corrected chi connectivity index (χ4v) is 2.13. The number of guanidine groups is 1. The maximum Gasteiger partial charge on any atom is 0.190 e. The molecule has 1 aromatic heterocycles. The van der Waals surface area contributed by atoms with Gasteiger partial charge in [0.05, 0.1) is 0 Å². The lowest BCUT2D eigenvalue weighted by Crippen LogP contribution is -2.38. The molecule has 0 fully saturated rings. The van der Waals surface area contributed by atoms with Crippen molar-refractivity contribution in [2.45, 2.75) is 19.8 Å². The average Bonchev–Trinajstić information content (AvgIpc) is 2.85.